The third-order valence-corrected chi connectivity index (χ3v) is 7.63. The summed E-state index contributed by atoms with van der Waals surface area (Å²) in [5.41, 5.74) is 2.46. The Morgan fingerprint density at radius 1 is 1.09 bits per heavy atom. The number of aliphatic hydroxyl groups is 1. The first-order valence-corrected chi connectivity index (χ1v) is 12.4. The van der Waals surface area contributed by atoms with E-state index in [0.717, 1.165) is 36.8 Å². The molecule has 1 saturated carbocycles. The Balaban J connectivity index is 1.66. The first-order valence-electron chi connectivity index (χ1n) is 12.4. The average Bonchev–Trinajstić information content (AvgIpc) is 2.86. The first kappa shape index (κ1) is 24.3. The quantitative estimate of drug-likeness (QED) is 0.556. The molecule has 1 heterocycles. The minimum Gasteiger partial charge on any atom is -0.497 e. The zero-order valence-corrected chi connectivity index (χ0v) is 20.8. The number of ether oxygens (including phenoxy) is 2. The number of carbonyl (C=O) groups excluding carboxylic acids is 1. The number of benzene rings is 2. The van der Waals surface area contributed by atoms with E-state index in [1.807, 2.05) is 29.2 Å². The number of rotatable bonds is 6. The maximum atomic E-state index is 13.5. The molecule has 34 heavy (non-hydrogen) atoms. The molecule has 0 aromatic heterocycles. The third kappa shape index (κ3) is 4.85. The Labute approximate surface area is 203 Å². The number of hydrogen-bond acceptors (Lipinski definition) is 4. The fourth-order valence-corrected chi connectivity index (χ4v) is 5.63. The number of fused-ring (bicyclic) bond motifs is 1. The summed E-state index contributed by atoms with van der Waals surface area (Å²) in [6, 6.07) is 13.8. The number of carbonyl (C=O) groups is 1. The monoisotopic (exact) mass is 463 g/mol. The van der Waals surface area contributed by atoms with E-state index in [2.05, 4.69) is 38.1 Å². The van der Waals surface area contributed by atoms with E-state index in [1.54, 1.807) is 20.3 Å². The standard InChI is InChI=1S/C29H37NO4/c1-20(2)22-11-8-21(9-12-22)10-15-27(31)30-18-17-29(32)16-6-5-7-25(29)28(30)24-14-13-23(33-3)19-26(24)34-4/h8-15,19-20,25,28,32H,5-7,16-18H2,1-4H3/t25?,28-,29?/m0/s1. The van der Waals surface area contributed by atoms with Crippen molar-refractivity contribution in [2.24, 2.45) is 5.92 Å². The van der Waals surface area contributed by atoms with Crippen LogP contribution in [0.4, 0.5) is 0 Å². The van der Waals surface area contributed by atoms with Crippen LogP contribution < -0.4 is 9.47 Å². The zero-order valence-electron chi connectivity index (χ0n) is 20.8. The number of likely N-dealkylation sites (tertiary alicyclic amines) is 1. The topological polar surface area (TPSA) is 59.0 Å². The minimum absolute atomic E-state index is 0.0278. The van der Waals surface area contributed by atoms with E-state index >= 15 is 0 Å². The normalized spacial score (nSPS) is 24.8. The van der Waals surface area contributed by atoms with Crippen molar-refractivity contribution in [2.75, 3.05) is 20.8 Å². The zero-order chi connectivity index (χ0) is 24.3. The van der Waals surface area contributed by atoms with Crippen molar-refractivity contribution in [3.05, 3.63) is 65.2 Å². The predicted octanol–water partition coefficient (Wildman–Crippen LogP) is 5.74. The Kier molecular flexibility index (Phi) is 7.32. The predicted molar refractivity (Wildman–Crippen MR) is 135 cm³/mol. The Hall–Kier alpha value is -2.79. The number of amides is 1. The van der Waals surface area contributed by atoms with Crippen molar-refractivity contribution in [2.45, 2.75) is 63.5 Å². The molecule has 2 aromatic carbocycles. The molecule has 1 aliphatic heterocycles. The van der Waals surface area contributed by atoms with E-state index in [0.29, 0.717) is 30.4 Å². The number of hydrogen-bond donors (Lipinski definition) is 1. The molecule has 2 unspecified atom stereocenters. The van der Waals surface area contributed by atoms with Crippen molar-refractivity contribution in [1.82, 2.24) is 4.90 Å². The van der Waals surface area contributed by atoms with Gasteiger partial charge < -0.3 is 19.5 Å². The molecule has 0 bridgehead atoms. The van der Waals surface area contributed by atoms with E-state index < -0.39 is 5.60 Å². The summed E-state index contributed by atoms with van der Waals surface area (Å²) >= 11 is 0. The van der Waals surface area contributed by atoms with Crippen LogP contribution in [0.2, 0.25) is 0 Å². The van der Waals surface area contributed by atoms with Crippen LogP contribution in [0, 0.1) is 5.92 Å². The van der Waals surface area contributed by atoms with Crippen molar-refractivity contribution < 1.29 is 19.4 Å². The van der Waals surface area contributed by atoms with Crippen molar-refractivity contribution in [1.29, 1.82) is 0 Å². The van der Waals surface area contributed by atoms with Gasteiger partial charge in [-0.2, -0.15) is 0 Å². The summed E-state index contributed by atoms with van der Waals surface area (Å²) in [6.07, 6.45) is 7.92. The van der Waals surface area contributed by atoms with Gasteiger partial charge in [0.2, 0.25) is 5.91 Å². The molecule has 0 spiro atoms. The molecule has 1 saturated heterocycles. The molecular weight excluding hydrogens is 426 g/mol. The fourth-order valence-electron chi connectivity index (χ4n) is 5.63. The second-order valence-corrected chi connectivity index (χ2v) is 9.94. The molecular formula is C29H37NO4. The molecule has 3 atom stereocenters. The van der Waals surface area contributed by atoms with Crippen molar-refractivity contribution in [3.63, 3.8) is 0 Å². The van der Waals surface area contributed by atoms with E-state index in [1.165, 1.54) is 5.56 Å². The summed E-state index contributed by atoms with van der Waals surface area (Å²) in [7, 11) is 3.27. The molecule has 2 aliphatic rings. The SMILES string of the molecule is COc1ccc([C@H]2C3CCCCC3(O)CCN2C(=O)C=Cc2ccc(C(C)C)cc2)c(OC)c1. The highest BCUT2D eigenvalue weighted by molar-refractivity contribution is 5.92. The largest absolute Gasteiger partial charge is 0.497 e. The van der Waals surface area contributed by atoms with Crippen LogP contribution in [0.1, 0.15) is 74.6 Å². The minimum atomic E-state index is -0.749. The molecule has 2 aromatic rings. The summed E-state index contributed by atoms with van der Waals surface area (Å²) < 4.78 is 11.1. The van der Waals surface area contributed by atoms with Gasteiger partial charge in [0.1, 0.15) is 11.5 Å². The van der Waals surface area contributed by atoms with E-state index in [-0.39, 0.29) is 17.9 Å². The van der Waals surface area contributed by atoms with Gasteiger partial charge in [-0.15, -0.1) is 0 Å². The van der Waals surface area contributed by atoms with Gasteiger partial charge in [0.15, 0.2) is 0 Å². The second kappa shape index (κ2) is 10.2. The molecule has 0 radical (unpaired) electrons. The van der Waals surface area contributed by atoms with Gasteiger partial charge >= 0.3 is 0 Å². The summed E-state index contributed by atoms with van der Waals surface area (Å²) in [4.78, 5) is 15.4. The summed E-state index contributed by atoms with van der Waals surface area (Å²) in [5.74, 6) is 1.80. The highest BCUT2D eigenvalue weighted by Crippen LogP contribution is 2.51. The fraction of sp³-hybridized carbons (Fsp3) is 0.483. The van der Waals surface area contributed by atoms with E-state index in [4.69, 9.17) is 9.47 Å². The van der Waals surface area contributed by atoms with Gasteiger partial charge in [-0.1, -0.05) is 51.0 Å². The lowest BCUT2D eigenvalue weighted by Crippen LogP contribution is -2.56. The molecule has 5 heteroatoms. The highest BCUT2D eigenvalue weighted by Gasteiger charge is 2.50. The lowest BCUT2D eigenvalue weighted by Gasteiger charge is -2.52. The summed E-state index contributed by atoms with van der Waals surface area (Å²) in [6.45, 7) is 4.86. The Morgan fingerprint density at radius 3 is 2.53 bits per heavy atom. The van der Waals surface area contributed by atoms with Crippen LogP contribution in [0.25, 0.3) is 6.08 Å². The lowest BCUT2D eigenvalue weighted by atomic mass is 9.66. The Bertz CT molecular complexity index is 1030. The third-order valence-electron chi connectivity index (χ3n) is 7.63. The average molecular weight is 464 g/mol. The number of methoxy groups -OCH3 is 2. The highest BCUT2D eigenvalue weighted by atomic mass is 16.5. The van der Waals surface area contributed by atoms with Gasteiger partial charge in [0.05, 0.1) is 25.9 Å². The van der Waals surface area contributed by atoms with Crippen LogP contribution in [0.15, 0.2) is 48.5 Å². The lowest BCUT2D eigenvalue weighted by molar-refractivity contribution is -0.151. The van der Waals surface area contributed by atoms with Crippen LogP contribution in [-0.2, 0) is 4.79 Å². The molecule has 4 rings (SSSR count). The number of nitrogens with zero attached hydrogens (tertiary/aromatic N) is 1. The molecule has 5 nitrogen and oxygen atoms in total. The maximum Gasteiger partial charge on any atom is 0.247 e. The molecule has 182 valence electrons. The van der Waals surface area contributed by atoms with Crippen LogP contribution in [0.3, 0.4) is 0 Å². The second-order valence-electron chi connectivity index (χ2n) is 9.94. The number of piperidine rings is 1. The van der Waals surface area contributed by atoms with Gasteiger partial charge in [-0.05, 0) is 54.5 Å². The maximum absolute atomic E-state index is 13.5. The van der Waals surface area contributed by atoms with E-state index in [9.17, 15) is 9.90 Å². The summed E-state index contributed by atoms with van der Waals surface area (Å²) in [5, 5.41) is 11.5. The van der Waals surface area contributed by atoms with Gasteiger partial charge in [0, 0.05) is 30.2 Å². The van der Waals surface area contributed by atoms with Gasteiger partial charge in [-0.3, -0.25) is 4.79 Å². The molecule has 1 N–H and O–H groups in total. The smallest absolute Gasteiger partial charge is 0.247 e. The molecule has 2 fully saturated rings. The van der Waals surface area contributed by atoms with Crippen molar-refractivity contribution >= 4 is 12.0 Å². The van der Waals surface area contributed by atoms with Crippen molar-refractivity contribution in [3.8, 4) is 11.5 Å². The van der Waals surface area contributed by atoms with Crippen LogP contribution >= 0.6 is 0 Å². The van der Waals surface area contributed by atoms with Crippen LogP contribution in [-0.4, -0.2) is 42.3 Å². The Morgan fingerprint density at radius 2 is 1.85 bits per heavy atom. The molecule has 1 aliphatic carbocycles. The molecule has 1 amide bonds. The van der Waals surface area contributed by atoms with Gasteiger partial charge in [0.25, 0.3) is 0 Å². The van der Waals surface area contributed by atoms with Crippen LogP contribution in [0.5, 0.6) is 11.5 Å². The van der Waals surface area contributed by atoms with Gasteiger partial charge in [-0.25, -0.2) is 0 Å². The first-order chi connectivity index (χ1) is 16.4.